The fraction of sp³-hybridized carbons (Fsp3) is 0.294. The minimum Gasteiger partial charge on any atom is -0.455 e. The van der Waals surface area contributed by atoms with Crippen molar-refractivity contribution in [2.45, 2.75) is 32.6 Å². The van der Waals surface area contributed by atoms with Crippen molar-refractivity contribution < 1.29 is 9.13 Å². The standard InChI is InChI=1S/C17H19FINO/c1-4-17(2,3)11-5-7-12(8-6-11)21-16-9-13(18)14(19)10-15(16)20/h5-10H,4,20H2,1-3H3. The van der Waals surface area contributed by atoms with Crippen LogP contribution >= 0.6 is 22.6 Å². The number of rotatable bonds is 4. The molecule has 0 saturated carbocycles. The van der Waals surface area contributed by atoms with E-state index in [2.05, 4.69) is 20.8 Å². The van der Waals surface area contributed by atoms with Gasteiger partial charge in [0.2, 0.25) is 0 Å². The molecule has 0 heterocycles. The van der Waals surface area contributed by atoms with Crippen molar-refractivity contribution in [3.63, 3.8) is 0 Å². The minimum absolute atomic E-state index is 0.131. The van der Waals surface area contributed by atoms with E-state index in [4.69, 9.17) is 10.5 Å². The van der Waals surface area contributed by atoms with Crippen LogP contribution in [-0.4, -0.2) is 0 Å². The molecule has 4 heteroatoms. The zero-order chi connectivity index (χ0) is 15.6. The SMILES string of the molecule is CCC(C)(C)c1ccc(Oc2cc(F)c(I)cc2N)cc1. The van der Waals surface area contributed by atoms with Crippen molar-refractivity contribution in [2.24, 2.45) is 0 Å². The predicted octanol–water partition coefficient (Wildman–Crippen LogP) is 5.49. The Kier molecular flexibility index (Phi) is 4.76. The summed E-state index contributed by atoms with van der Waals surface area (Å²) in [5.74, 6) is 0.664. The maximum absolute atomic E-state index is 13.6. The second kappa shape index (κ2) is 6.22. The van der Waals surface area contributed by atoms with Gasteiger partial charge in [0.1, 0.15) is 11.6 Å². The van der Waals surface area contributed by atoms with Gasteiger partial charge in [0.25, 0.3) is 0 Å². The summed E-state index contributed by atoms with van der Waals surface area (Å²) >= 11 is 1.90. The van der Waals surface area contributed by atoms with Crippen LogP contribution < -0.4 is 10.5 Å². The molecular weight excluding hydrogens is 380 g/mol. The summed E-state index contributed by atoms with van der Waals surface area (Å²) in [6.45, 7) is 6.57. The highest BCUT2D eigenvalue weighted by molar-refractivity contribution is 14.1. The molecule has 0 amide bonds. The summed E-state index contributed by atoms with van der Waals surface area (Å²) in [4.78, 5) is 0. The highest BCUT2D eigenvalue weighted by Gasteiger charge is 2.17. The Labute approximate surface area is 138 Å². The maximum Gasteiger partial charge on any atom is 0.153 e. The lowest BCUT2D eigenvalue weighted by Gasteiger charge is -2.23. The van der Waals surface area contributed by atoms with Crippen LogP contribution in [0.3, 0.4) is 0 Å². The van der Waals surface area contributed by atoms with Gasteiger partial charge in [-0.25, -0.2) is 4.39 Å². The average molecular weight is 399 g/mol. The first-order valence-electron chi connectivity index (χ1n) is 6.86. The van der Waals surface area contributed by atoms with Gasteiger partial charge in [0.05, 0.1) is 9.26 Å². The summed E-state index contributed by atoms with van der Waals surface area (Å²) in [7, 11) is 0. The Hall–Kier alpha value is -1.30. The molecule has 0 fully saturated rings. The molecule has 0 saturated heterocycles. The van der Waals surface area contributed by atoms with Crippen LogP contribution in [0.15, 0.2) is 36.4 Å². The lowest BCUT2D eigenvalue weighted by Crippen LogP contribution is -2.14. The van der Waals surface area contributed by atoms with Crippen LogP contribution in [0.2, 0.25) is 0 Å². The molecule has 2 aromatic carbocycles. The number of ether oxygens (including phenoxy) is 1. The van der Waals surface area contributed by atoms with E-state index in [1.165, 1.54) is 11.6 Å². The van der Waals surface area contributed by atoms with Crippen LogP contribution in [0.4, 0.5) is 10.1 Å². The Balaban J connectivity index is 2.23. The molecular formula is C17H19FINO. The van der Waals surface area contributed by atoms with Crippen molar-refractivity contribution in [1.29, 1.82) is 0 Å². The summed E-state index contributed by atoms with van der Waals surface area (Å²) in [5.41, 5.74) is 7.67. The van der Waals surface area contributed by atoms with Crippen molar-refractivity contribution in [3.05, 3.63) is 51.3 Å². The molecule has 2 nitrogen and oxygen atoms in total. The minimum atomic E-state index is -0.330. The van der Waals surface area contributed by atoms with Crippen molar-refractivity contribution >= 4 is 28.3 Å². The lowest BCUT2D eigenvalue weighted by molar-refractivity contribution is 0.475. The Morgan fingerprint density at radius 2 is 1.81 bits per heavy atom. The van der Waals surface area contributed by atoms with Crippen LogP contribution in [0.1, 0.15) is 32.8 Å². The first kappa shape index (κ1) is 16.1. The molecule has 0 aliphatic carbocycles. The third-order valence-electron chi connectivity index (χ3n) is 3.80. The predicted molar refractivity (Wildman–Crippen MR) is 93.4 cm³/mol. The molecule has 2 rings (SSSR count). The van der Waals surface area contributed by atoms with E-state index in [1.807, 2.05) is 46.9 Å². The summed E-state index contributed by atoms with van der Waals surface area (Å²) in [5, 5.41) is 0. The highest BCUT2D eigenvalue weighted by Crippen LogP contribution is 2.32. The fourth-order valence-corrected chi connectivity index (χ4v) is 2.43. The molecule has 0 unspecified atom stereocenters. The normalized spacial score (nSPS) is 11.5. The number of nitrogens with two attached hydrogens (primary N) is 1. The molecule has 112 valence electrons. The lowest BCUT2D eigenvalue weighted by atomic mass is 9.82. The highest BCUT2D eigenvalue weighted by atomic mass is 127. The van der Waals surface area contributed by atoms with Gasteiger partial charge in [0.15, 0.2) is 5.75 Å². The molecule has 0 aliphatic heterocycles. The van der Waals surface area contributed by atoms with E-state index < -0.39 is 0 Å². The average Bonchev–Trinajstić information content (AvgIpc) is 2.45. The van der Waals surface area contributed by atoms with Gasteiger partial charge >= 0.3 is 0 Å². The second-order valence-electron chi connectivity index (χ2n) is 5.67. The smallest absolute Gasteiger partial charge is 0.153 e. The summed E-state index contributed by atoms with van der Waals surface area (Å²) < 4.78 is 19.7. The number of hydrogen-bond donors (Lipinski definition) is 1. The van der Waals surface area contributed by atoms with Gasteiger partial charge in [-0.1, -0.05) is 32.9 Å². The number of halogens is 2. The van der Waals surface area contributed by atoms with Crippen LogP contribution in [0.25, 0.3) is 0 Å². The monoisotopic (exact) mass is 399 g/mol. The Morgan fingerprint density at radius 3 is 2.38 bits per heavy atom. The zero-order valence-electron chi connectivity index (χ0n) is 12.4. The van der Waals surface area contributed by atoms with E-state index in [-0.39, 0.29) is 11.2 Å². The van der Waals surface area contributed by atoms with E-state index in [0.717, 1.165) is 6.42 Å². The van der Waals surface area contributed by atoms with E-state index in [1.54, 1.807) is 6.07 Å². The summed E-state index contributed by atoms with van der Waals surface area (Å²) in [6, 6.07) is 10.8. The fourth-order valence-electron chi connectivity index (χ4n) is 1.94. The topological polar surface area (TPSA) is 35.2 Å². The van der Waals surface area contributed by atoms with Gasteiger partial charge in [-0.2, -0.15) is 0 Å². The third-order valence-corrected chi connectivity index (χ3v) is 4.63. The van der Waals surface area contributed by atoms with Gasteiger partial charge in [-0.3, -0.25) is 0 Å². The number of hydrogen-bond acceptors (Lipinski definition) is 2. The molecule has 2 N–H and O–H groups in total. The molecule has 0 bridgehead atoms. The molecule has 0 radical (unpaired) electrons. The van der Waals surface area contributed by atoms with E-state index >= 15 is 0 Å². The third kappa shape index (κ3) is 3.67. The van der Waals surface area contributed by atoms with Crippen molar-refractivity contribution in [1.82, 2.24) is 0 Å². The number of anilines is 1. The molecule has 0 atom stereocenters. The molecule has 21 heavy (non-hydrogen) atoms. The second-order valence-corrected chi connectivity index (χ2v) is 6.83. The number of benzene rings is 2. The van der Waals surface area contributed by atoms with E-state index in [9.17, 15) is 4.39 Å². The van der Waals surface area contributed by atoms with Crippen molar-refractivity contribution in [3.8, 4) is 11.5 Å². The molecule has 2 aromatic rings. The first-order chi connectivity index (χ1) is 9.83. The Morgan fingerprint density at radius 1 is 1.19 bits per heavy atom. The van der Waals surface area contributed by atoms with Gasteiger partial charge in [0, 0.05) is 6.07 Å². The molecule has 0 aromatic heterocycles. The summed E-state index contributed by atoms with van der Waals surface area (Å²) in [6.07, 6.45) is 1.06. The van der Waals surface area contributed by atoms with Gasteiger partial charge in [-0.15, -0.1) is 0 Å². The first-order valence-corrected chi connectivity index (χ1v) is 7.94. The Bertz CT molecular complexity index is 638. The molecule has 0 aliphatic rings. The van der Waals surface area contributed by atoms with E-state index in [0.29, 0.717) is 20.8 Å². The van der Waals surface area contributed by atoms with Crippen LogP contribution in [-0.2, 0) is 5.41 Å². The quantitative estimate of drug-likeness (QED) is 0.545. The number of nitrogen functional groups attached to an aromatic ring is 1. The molecule has 0 spiro atoms. The van der Waals surface area contributed by atoms with Gasteiger partial charge < -0.3 is 10.5 Å². The van der Waals surface area contributed by atoms with Crippen LogP contribution in [0.5, 0.6) is 11.5 Å². The largest absolute Gasteiger partial charge is 0.455 e. The zero-order valence-corrected chi connectivity index (χ0v) is 14.6. The maximum atomic E-state index is 13.6. The van der Waals surface area contributed by atoms with Gasteiger partial charge in [-0.05, 0) is 58.2 Å². The van der Waals surface area contributed by atoms with Crippen LogP contribution in [0, 0.1) is 9.39 Å². The van der Waals surface area contributed by atoms with Crippen molar-refractivity contribution in [2.75, 3.05) is 5.73 Å².